The quantitative estimate of drug-likeness (QED) is 0.317. The fraction of sp³-hybridized carbons (Fsp3) is 0.419. The molecule has 2 aliphatic heterocycles. The third-order valence-corrected chi connectivity index (χ3v) is 10.3. The number of nitriles is 1. The van der Waals surface area contributed by atoms with Crippen LogP contribution >= 0.6 is 11.3 Å². The van der Waals surface area contributed by atoms with Crippen LogP contribution in [0.2, 0.25) is 0 Å². The molecule has 4 aromatic rings. The maximum absolute atomic E-state index is 13.6. The van der Waals surface area contributed by atoms with Crippen LogP contribution in [0.25, 0.3) is 16.9 Å². The summed E-state index contributed by atoms with van der Waals surface area (Å²) in [6.07, 6.45) is 4.08. The second-order valence-corrected chi connectivity index (χ2v) is 13.0. The van der Waals surface area contributed by atoms with Crippen LogP contribution in [0.1, 0.15) is 29.5 Å². The van der Waals surface area contributed by atoms with E-state index in [4.69, 9.17) is 9.97 Å². The Morgan fingerprint density at radius 3 is 2.67 bits per heavy atom. The normalized spacial score (nSPS) is 22.5. The summed E-state index contributed by atoms with van der Waals surface area (Å²) in [5.41, 5.74) is 5.67. The van der Waals surface area contributed by atoms with E-state index < -0.39 is 0 Å². The number of likely N-dealkylation sites (N-methyl/N-ethyl adjacent to an activating group) is 1. The maximum Gasteiger partial charge on any atom is 0.236 e. The monoisotopic (exact) mass is 584 g/mol. The van der Waals surface area contributed by atoms with Crippen molar-refractivity contribution in [1.29, 1.82) is 5.26 Å². The smallest absolute Gasteiger partial charge is 0.236 e. The summed E-state index contributed by atoms with van der Waals surface area (Å²) >= 11 is 1.32. The fourth-order valence-electron chi connectivity index (χ4n) is 6.94. The number of piperidine rings is 1. The molecule has 9 nitrogen and oxygen atoms in total. The van der Waals surface area contributed by atoms with Crippen molar-refractivity contribution in [2.75, 3.05) is 50.6 Å². The van der Waals surface area contributed by atoms with E-state index >= 15 is 0 Å². The van der Waals surface area contributed by atoms with Crippen molar-refractivity contribution in [3.8, 4) is 17.3 Å². The first-order valence-electron chi connectivity index (χ1n) is 14.3. The number of thiazole rings is 1. The topological polar surface area (TPSA) is 84.0 Å². The molecule has 1 aromatic carbocycles. The molecule has 2 saturated heterocycles. The van der Waals surface area contributed by atoms with Crippen LogP contribution in [0.4, 0.5) is 21.0 Å². The lowest BCUT2D eigenvalue weighted by Gasteiger charge is -2.48. The third kappa shape index (κ3) is 3.92. The second-order valence-electron chi connectivity index (χ2n) is 12.0. The zero-order valence-corrected chi connectivity index (χ0v) is 25.2. The van der Waals surface area contributed by atoms with Gasteiger partial charge in [-0.2, -0.15) is 5.26 Å². The van der Waals surface area contributed by atoms with Gasteiger partial charge in [0.05, 0.1) is 24.0 Å². The van der Waals surface area contributed by atoms with Crippen LogP contribution in [-0.2, 0) is 11.2 Å². The van der Waals surface area contributed by atoms with Crippen molar-refractivity contribution in [3.63, 3.8) is 0 Å². The molecular weight excluding hydrogens is 551 g/mol. The Balaban J connectivity index is 1.23. The molecule has 3 aromatic heterocycles. The molecule has 1 amide bonds. The Kier molecular flexibility index (Phi) is 6.08. The minimum atomic E-state index is -0.327. The van der Waals surface area contributed by atoms with Crippen LogP contribution in [0, 0.1) is 29.5 Å². The van der Waals surface area contributed by atoms with Crippen molar-refractivity contribution < 1.29 is 9.18 Å². The lowest BCUT2D eigenvalue weighted by atomic mass is 9.86. The molecule has 216 valence electrons. The van der Waals surface area contributed by atoms with Gasteiger partial charge in [0, 0.05) is 57.4 Å². The first kappa shape index (κ1) is 26.9. The number of nitrogens with zero attached hydrogens (tertiary/aromatic N) is 8. The highest BCUT2D eigenvalue weighted by Crippen LogP contribution is 2.65. The van der Waals surface area contributed by atoms with E-state index in [-0.39, 0.29) is 11.7 Å². The molecule has 42 heavy (non-hydrogen) atoms. The summed E-state index contributed by atoms with van der Waals surface area (Å²) in [6, 6.07) is 11.5. The van der Waals surface area contributed by atoms with Gasteiger partial charge < -0.3 is 14.7 Å². The molecule has 7 rings (SSSR count). The van der Waals surface area contributed by atoms with E-state index in [2.05, 4.69) is 46.4 Å². The van der Waals surface area contributed by atoms with E-state index in [9.17, 15) is 14.4 Å². The lowest BCUT2D eigenvalue weighted by Crippen LogP contribution is -2.59. The molecule has 1 saturated carbocycles. The number of hydrogen-bond acceptors (Lipinski definition) is 8. The molecule has 5 heterocycles. The molecule has 0 N–H and O–H groups in total. The standard InChI is InChI=1S/C31H33FN8OS/c1-6-22-29(37(5)30-35-27(23(13-33)42-30)19-7-9-20(32)10-8-19)39-14-21(11-18(2)28(39)34-22)40-17-31-12-24(31)38(15-25(31)40)16-26(41)36(3)4/h7-11,14,24-25H,6,12,15-17H2,1-5H3/t24-,25?,31-/m1/s1. The number of rotatable bonds is 7. The number of pyridine rings is 1. The van der Waals surface area contributed by atoms with E-state index in [1.165, 1.54) is 23.5 Å². The van der Waals surface area contributed by atoms with Crippen molar-refractivity contribution >= 4 is 39.5 Å². The summed E-state index contributed by atoms with van der Waals surface area (Å²) in [7, 11) is 5.60. The number of carbonyl (C=O) groups excluding carboxylic acids is 1. The molecule has 11 heteroatoms. The largest absolute Gasteiger partial charge is 0.365 e. The third-order valence-electron chi connectivity index (χ3n) is 9.31. The number of benzene rings is 1. The van der Waals surface area contributed by atoms with Gasteiger partial charge in [-0.25, -0.2) is 14.4 Å². The van der Waals surface area contributed by atoms with Crippen LogP contribution < -0.4 is 9.80 Å². The predicted molar refractivity (Wildman–Crippen MR) is 162 cm³/mol. The molecule has 3 aliphatic rings. The Morgan fingerprint density at radius 2 is 1.98 bits per heavy atom. The van der Waals surface area contributed by atoms with Crippen LogP contribution in [0.3, 0.4) is 0 Å². The maximum atomic E-state index is 13.6. The Bertz CT molecular complexity index is 1770. The molecule has 0 bridgehead atoms. The molecule has 1 unspecified atom stereocenters. The SMILES string of the molecule is CCc1nc2c(C)cc(N3C[C@]45C[C@H]4N(CC(=O)N(C)C)CC35)cn2c1N(C)c1nc(-c2ccc(F)cc2)c(C#N)s1. The number of aryl methyl sites for hydroxylation is 2. The number of aromatic nitrogens is 3. The van der Waals surface area contributed by atoms with Crippen LogP contribution in [-0.4, -0.2) is 82.9 Å². The Labute approximate surface area is 248 Å². The van der Waals surface area contributed by atoms with Crippen LogP contribution in [0.5, 0.6) is 0 Å². The number of hydrogen-bond donors (Lipinski definition) is 0. The van der Waals surface area contributed by atoms with Gasteiger partial charge in [0.2, 0.25) is 5.91 Å². The highest BCUT2D eigenvalue weighted by molar-refractivity contribution is 7.16. The zero-order valence-electron chi connectivity index (χ0n) is 24.4. The van der Waals surface area contributed by atoms with E-state index in [0.29, 0.717) is 45.3 Å². The van der Waals surface area contributed by atoms with Gasteiger partial charge in [-0.05, 0) is 55.7 Å². The van der Waals surface area contributed by atoms with Gasteiger partial charge >= 0.3 is 0 Å². The van der Waals surface area contributed by atoms with Gasteiger partial charge in [0.1, 0.15) is 33.9 Å². The lowest BCUT2D eigenvalue weighted by molar-refractivity contribution is -0.129. The molecule has 0 radical (unpaired) electrons. The molecule has 1 aliphatic carbocycles. The molecule has 3 fully saturated rings. The summed E-state index contributed by atoms with van der Waals surface area (Å²) in [5, 5.41) is 10.5. The summed E-state index contributed by atoms with van der Waals surface area (Å²) < 4.78 is 15.7. The van der Waals surface area contributed by atoms with Crippen LogP contribution in [0.15, 0.2) is 36.5 Å². The van der Waals surface area contributed by atoms with E-state index in [1.807, 2.05) is 26.0 Å². The van der Waals surface area contributed by atoms with Gasteiger partial charge in [-0.3, -0.25) is 14.1 Å². The average Bonchev–Trinajstić information content (AvgIpc) is 3.29. The van der Waals surface area contributed by atoms with Crippen molar-refractivity contribution in [2.45, 2.75) is 38.8 Å². The molecule has 3 atom stereocenters. The van der Waals surface area contributed by atoms with Gasteiger partial charge in [-0.15, -0.1) is 0 Å². The zero-order chi connectivity index (χ0) is 29.5. The first-order chi connectivity index (χ1) is 20.1. The van der Waals surface area contributed by atoms with Gasteiger partial charge in [0.25, 0.3) is 0 Å². The summed E-state index contributed by atoms with van der Waals surface area (Å²) in [5.74, 6) is 0.752. The predicted octanol–water partition coefficient (Wildman–Crippen LogP) is 4.46. The van der Waals surface area contributed by atoms with E-state index in [0.717, 1.165) is 54.3 Å². The number of likely N-dealkylation sites (tertiary alicyclic amines) is 1. The summed E-state index contributed by atoms with van der Waals surface area (Å²) in [4.78, 5) is 31.3. The second kappa shape index (κ2) is 9.51. The van der Waals surface area contributed by atoms with E-state index in [1.54, 1.807) is 17.0 Å². The highest BCUT2D eigenvalue weighted by atomic mass is 32.1. The average molecular weight is 585 g/mol. The first-order valence-corrected chi connectivity index (χ1v) is 15.1. The number of carbonyl (C=O) groups is 1. The number of amides is 1. The van der Waals surface area contributed by atoms with Crippen molar-refractivity contribution in [2.24, 2.45) is 5.41 Å². The number of halogens is 1. The van der Waals surface area contributed by atoms with Gasteiger partial charge in [0.15, 0.2) is 5.13 Å². The Hall–Kier alpha value is -4.01. The number of imidazole rings is 1. The molecule has 1 spiro atoms. The minimum absolute atomic E-state index is 0.157. The van der Waals surface area contributed by atoms with Gasteiger partial charge in [-0.1, -0.05) is 18.3 Å². The highest BCUT2D eigenvalue weighted by Gasteiger charge is 2.74. The minimum Gasteiger partial charge on any atom is -0.365 e. The molecular formula is C31H33FN8OS. The number of fused-ring (bicyclic) bond motifs is 1. The van der Waals surface area contributed by atoms with Crippen molar-refractivity contribution in [3.05, 3.63) is 58.5 Å². The fourth-order valence-corrected chi connectivity index (χ4v) is 7.79. The number of anilines is 3. The summed E-state index contributed by atoms with van der Waals surface area (Å²) in [6.45, 7) is 6.58. The Morgan fingerprint density at radius 1 is 1.21 bits per heavy atom. The van der Waals surface area contributed by atoms with Crippen molar-refractivity contribution in [1.82, 2.24) is 24.2 Å².